The number of hydrazone groups is 1. The van der Waals surface area contributed by atoms with Crippen LogP contribution in [-0.4, -0.2) is 36.7 Å². The van der Waals surface area contributed by atoms with Gasteiger partial charge in [0, 0.05) is 10.4 Å². The predicted octanol–water partition coefficient (Wildman–Crippen LogP) is 5.11. The first-order valence-corrected chi connectivity index (χ1v) is 13.2. The maximum Gasteiger partial charge on any atom is 0.341 e. The molecule has 2 amide bonds. The average Bonchev–Trinajstić information content (AvgIpc) is 3.28. The van der Waals surface area contributed by atoms with Crippen LogP contribution in [0.25, 0.3) is 0 Å². The smallest absolute Gasteiger partial charge is 0.341 e. The molecule has 2 N–H and O–H groups in total. The van der Waals surface area contributed by atoms with Gasteiger partial charge >= 0.3 is 5.97 Å². The first kappa shape index (κ1) is 27.0. The van der Waals surface area contributed by atoms with E-state index in [1.807, 2.05) is 0 Å². The van der Waals surface area contributed by atoms with Gasteiger partial charge in [-0.1, -0.05) is 12.1 Å². The number of nitrogens with zero attached hydrogens (tertiary/aromatic N) is 1. The quantitative estimate of drug-likeness (QED) is 0.224. The highest BCUT2D eigenvalue weighted by molar-refractivity contribution is 7.17. The summed E-state index contributed by atoms with van der Waals surface area (Å²) in [5.41, 5.74) is 4.82. The number of thiophene rings is 1. The van der Waals surface area contributed by atoms with Crippen molar-refractivity contribution >= 4 is 40.3 Å². The Bertz CT molecular complexity index is 1340. The van der Waals surface area contributed by atoms with E-state index in [1.54, 1.807) is 38.1 Å². The summed E-state index contributed by atoms with van der Waals surface area (Å²) >= 11 is 1.43. The number of anilines is 1. The number of hydrogen-bond acceptors (Lipinski definition) is 7. The van der Waals surface area contributed by atoms with E-state index in [4.69, 9.17) is 9.47 Å². The molecule has 0 saturated heterocycles. The number of aryl methyl sites for hydroxylation is 1. The summed E-state index contributed by atoms with van der Waals surface area (Å²) in [6.45, 7) is 3.58. The molecule has 8 nitrogen and oxygen atoms in total. The maximum absolute atomic E-state index is 13.0. The van der Waals surface area contributed by atoms with E-state index < -0.39 is 18.0 Å². The molecular weight excluding hydrogens is 509 g/mol. The zero-order valence-electron chi connectivity index (χ0n) is 21.1. The van der Waals surface area contributed by atoms with Crippen LogP contribution >= 0.6 is 11.3 Å². The van der Waals surface area contributed by atoms with Crippen molar-refractivity contribution in [3.8, 4) is 5.75 Å². The van der Waals surface area contributed by atoms with E-state index in [2.05, 4.69) is 15.8 Å². The lowest BCUT2D eigenvalue weighted by Crippen LogP contribution is -2.33. The van der Waals surface area contributed by atoms with Gasteiger partial charge in [-0.05, 0) is 87.1 Å². The van der Waals surface area contributed by atoms with Crippen LogP contribution in [0.15, 0.2) is 53.6 Å². The second-order valence-corrected chi connectivity index (χ2v) is 9.77. The Labute approximate surface area is 223 Å². The SMILES string of the molecule is CCOC(=O)c1c(NC(=O)c2ccc(OC(C)C(=O)N/N=C/c3ccc(F)cc3)cc2)sc2c1CCCC2. The molecule has 198 valence electrons. The molecule has 0 saturated carbocycles. The Hall–Kier alpha value is -4.05. The number of halogens is 1. The van der Waals surface area contributed by atoms with Gasteiger partial charge in [-0.25, -0.2) is 14.6 Å². The first-order valence-electron chi connectivity index (χ1n) is 12.3. The second kappa shape index (κ2) is 12.5. The molecule has 1 aliphatic carbocycles. The van der Waals surface area contributed by atoms with E-state index in [0.29, 0.717) is 27.4 Å². The molecule has 1 aliphatic rings. The molecule has 0 radical (unpaired) electrons. The van der Waals surface area contributed by atoms with Crippen molar-refractivity contribution in [1.82, 2.24) is 5.43 Å². The molecular formula is C28H28FN3O5S. The lowest BCUT2D eigenvalue weighted by atomic mass is 9.95. The lowest BCUT2D eigenvalue weighted by Gasteiger charge is -2.13. The number of carbonyl (C=O) groups excluding carboxylic acids is 3. The summed E-state index contributed by atoms with van der Waals surface area (Å²) in [6, 6.07) is 12.0. The summed E-state index contributed by atoms with van der Waals surface area (Å²) in [7, 11) is 0. The number of ether oxygens (including phenoxy) is 2. The molecule has 0 bridgehead atoms. The van der Waals surface area contributed by atoms with Gasteiger partial charge in [0.05, 0.1) is 18.4 Å². The normalized spacial score (nSPS) is 13.4. The highest BCUT2D eigenvalue weighted by atomic mass is 32.1. The molecule has 0 fully saturated rings. The fourth-order valence-corrected chi connectivity index (χ4v) is 5.27. The van der Waals surface area contributed by atoms with E-state index in [0.717, 1.165) is 36.1 Å². The van der Waals surface area contributed by atoms with E-state index >= 15 is 0 Å². The van der Waals surface area contributed by atoms with Crippen LogP contribution in [0.3, 0.4) is 0 Å². The monoisotopic (exact) mass is 537 g/mol. The van der Waals surface area contributed by atoms with Gasteiger partial charge in [0.15, 0.2) is 6.10 Å². The lowest BCUT2D eigenvalue weighted by molar-refractivity contribution is -0.127. The van der Waals surface area contributed by atoms with Crippen LogP contribution < -0.4 is 15.5 Å². The molecule has 38 heavy (non-hydrogen) atoms. The summed E-state index contributed by atoms with van der Waals surface area (Å²) < 4.78 is 23.9. The predicted molar refractivity (Wildman–Crippen MR) is 144 cm³/mol. The van der Waals surface area contributed by atoms with Crippen LogP contribution in [0.4, 0.5) is 9.39 Å². The number of rotatable bonds is 9. The third kappa shape index (κ3) is 6.63. The molecule has 2 aromatic carbocycles. The number of nitrogens with one attached hydrogen (secondary N) is 2. The molecule has 1 heterocycles. The highest BCUT2D eigenvalue weighted by Gasteiger charge is 2.27. The summed E-state index contributed by atoms with van der Waals surface area (Å²) in [6.07, 6.45) is 4.28. The fraction of sp³-hybridized carbons (Fsp3) is 0.286. The summed E-state index contributed by atoms with van der Waals surface area (Å²) in [4.78, 5) is 39.0. The third-order valence-corrected chi connectivity index (χ3v) is 7.14. The Morgan fingerprint density at radius 1 is 1.08 bits per heavy atom. The average molecular weight is 538 g/mol. The van der Waals surface area contributed by atoms with Crippen LogP contribution in [-0.2, 0) is 22.4 Å². The Morgan fingerprint density at radius 3 is 2.50 bits per heavy atom. The van der Waals surface area contributed by atoms with Crippen LogP contribution in [0.1, 0.15) is 63.4 Å². The maximum atomic E-state index is 13.0. The van der Waals surface area contributed by atoms with Crippen LogP contribution in [0.5, 0.6) is 5.75 Å². The van der Waals surface area contributed by atoms with Gasteiger partial charge in [0.1, 0.15) is 16.6 Å². The minimum atomic E-state index is -0.857. The van der Waals surface area contributed by atoms with Gasteiger partial charge in [-0.15, -0.1) is 11.3 Å². The summed E-state index contributed by atoms with van der Waals surface area (Å²) in [5.74, 6) is -1.21. The molecule has 1 aromatic heterocycles. The number of fused-ring (bicyclic) bond motifs is 1. The zero-order chi connectivity index (χ0) is 27.1. The largest absolute Gasteiger partial charge is 0.481 e. The van der Waals surface area contributed by atoms with E-state index in [1.165, 1.54) is 41.8 Å². The van der Waals surface area contributed by atoms with Crippen molar-refractivity contribution in [3.63, 3.8) is 0 Å². The first-order chi connectivity index (χ1) is 18.4. The molecule has 4 rings (SSSR count). The number of esters is 1. The molecule has 1 unspecified atom stereocenters. The van der Waals surface area contributed by atoms with Crippen molar-refractivity contribution in [2.24, 2.45) is 5.10 Å². The number of benzene rings is 2. The van der Waals surface area contributed by atoms with Gasteiger partial charge in [-0.3, -0.25) is 9.59 Å². The van der Waals surface area contributed by atoms with Crippen LogP contribution in [0, 0.1) is 5.82 Å². The topological polar surface area (TPSA) is 106 Å². The van der Waals surface area contributed by atoms with Crippen LogP contribution in [0.2, 0.25) is 0 Å². The zero-order valence-corrected chi connectivity index (χ0v) is 21.9. The van der Waals surface area contributed by atoms with Gasteiger partial charge in [0.25, 0.3) is 11.8 Å². The van der Waals surface area contributed by atoms with Crippen molar-refractivity contribution in [3.05, 3.63) is 81.5 Å². The Morgan fingerprint density at radius 2 is 1.79 bits per heavy atom. The molecule has 3 aromatic rings. The Kier molecular flexibility index (Phi) is 8.85. The van der Waals surface area contributed by atoms with Gasteiger partial charge in [0.2, 0.25) is 0 Å². The minimum absolute atomic E-state index is 0.259. The van der Waals surface area contributed by atoms with Gasteiger partial charge < -0.3 is 14.8 Å². The fourth-order valence-electron chi connectivity index (χ4n) is 4.00. The van der Waals surface area contributed by atoms with Gasteiger partial charge in [-0.2, -0.15) is 5.10 Å². The molecule has 0 spiro atoms. The Balaban J connectivity index is 1.36. The van der Waals surface area contributed by atoms with E-state index in [-0.39, 0.29) is 18.3 Å². The van der Waals surface area contributed by atoms with Crippen molar-refractivity contribution in [1.29, 1.82) is 0 Å². The molecule has 0 aliphatic heterocycles. The van der Waals surface area contributed by atoms with E-state index in [9.17, 15) is 18.8 Å². The standard InChI is InChI=1S/C28H28FN3O5S/c1-3-36-28(35)24-22-6-4-5-7-23(22)38-27(24)31-26(34)19-10-14-21(15-11-19)37-17(2)25(33)32-30-16-18-8-12-20(29)13-9-18/h8-17H,3-7H2,1-2H3,(H,31,34)(H,32,33)/b30-16+. The van der Waals surface area contributed by atoms with Crippen molar-refractivity contribution in [2.75, 3.05) is 11.9 Å². The number of amides is 2. The highest BCUT2D eigenvalue weighted by Crippen LogP contribution is 2.38. The van der Waals surface area contributed by atoms with Crippen molar-refractivity contribution in [2.45, 2.75) is 45.6 Å². The second-order valence-electron chi connectivity index (χ2n) is 8.66. The minimum Gasteiger partial charge on any atom is -0.481 e. The number of hydrogen-bond donors (Lipinski definition) is 2. The molecule has 1 atom stereocenters. The molecule has 10 heteroatoms. The number of carbonyl (C=O) groups is 3. The summed E-state index contributed by atoms with van der Waals surface area (Å²) in [5, 5.41) is 7.24. The van der Waals surface area contributed by atoms with Crippen molar-refractivity contribution < 1.29 is 28.2 Å². The third-order valence-electron chi connectivity index (χ3n) is 5.93.